The average molecular weight is 578 g/mol. The zero-order valence-corrected chi connectivity index (χ0v) is 24.2. The minimum Gasteiger partial charge on any atom is -0.476 e. The third-order valence-electron chi connectivity index (χ3n) is 7.52. The van der Waals surface area contributed by atoms with Gasteiger partial charge in [0.25, 0.3) is 11.8 Å². The Balaban J connectivity index is 1.13. The van der Waals surface area contributed by atoms with Crippen LogP contribution in [0.2, 0.25) is 5.02 Å². The summed E-state index contributed by atoms with van der Waals surface area (Å²) in [4.78, 5) is 37.1. The van der Waals surface area contributed by atoms with Gasteiger partial charge in [-0.25, -0.2) is 4.98 Å². The number of piperazine rings is 1. The van der Waals surface area contributed by atoms with Crippen molar-refractivity contribution >= 4 is 40.4 Å². The second-order valence-electron chi connectivity index (χ2n) is 10.6. The summed E-state index contributed by atoms with van der Waals surface area (Å²) in [7, 11) is 0. The molecule has 10 heteroatoms. The smallest absolute Gasteiger partial charge is 0.273 e. The number of nitrogens with zero attached hydrogens (tertiary/aromatic N) is 5. The Morgan fingerprint density at radius 2 is 1.68 bits per heavy atom. The number of hydrogen-bond donors (Lipinski definition) is 0. The van der Waals surface area contributed by atoms with Gasteiger partial charge in [0, 0.05) is 56.3 Å². The van der Waals surface area contributed by atoms with Crippen molar-refractivity contribution in [1.29, 1.82) is 5.26 Å². The van der Waals surface area contributed by atoms with E-state index in [1.807, 2.05) is 51.6 Å². The van der Waals surface area contributed by atoms with Gasteiger partial charge in [0.05, 0.1) is 21.7 Å². The van der Waals surface area contributed by atoms with Crippen LogP contribution in [0, 0.1) is 11.3 Å². The largest absolute Gasteiger partial charge is 0.476 e. The molecule has 0 bridgehead atoms. The molecule has 208 valence electrons. The van der Waals surface area contributed by atoms with Gasteiger partial charge in [-0.3, -0.25) is 9.59 Å². The molecule has 0 spiro atoms. The molecule has 40 heavy (non-hydrogen) atoms. The molecule has 5 rings (SSSR count). The van der Waals surface area contributed by atoms with Gasteiger partial charge < -0.3 is 19.4 Å². The molecule has 0 atom stereocenters. The maximum atomic E-state index is 13.3. The van der Waals surface area contributed by atoms with Gasteiger partial charge in [-0.2, -0.15) is 5.26 Å². The number of hydrogen-bond acceptors (Lipinski definition) is 7. The summed E-state index contributed by atoms with van der Waals surface area (Å²) in [5.74, 6) is 0.610. The number of piperidine rings is 1. The molecule has 1 aromatic heterocycles. The Morgan fingerprint density at radius 3 is 2.33 bits per heavy atom. The molecule has 0 unspecified atom stereocenters. The number of ether oxygens (including phenoxy) is 1. The molecular formula is C30H32ClN5O3S. The van der Waals surface area contributed by atoms with Crippen LogP contribution in [0.1, 0.15) is 53.7 Å². The Kier molecular flexibility index (Phi) is 8.29. The van der Waals surface area contributed by atoms with Gasteiger partial charge in [0.2, 0.25) is 0 Å². The first-order valence-corrected chi connectivity index (χ1v) is 14.7. The summed E-state index contributed by atoms with van der Waals surface area (Å²) in [6.07, 6.45) is 1.58. The third kappa shape index (κ3) is 6.08. The molecule has 2 aromatic carbocycles. The quantitative estimate of drug-likeness (QED) is 0.400. The number of thiazole rings is 1. The van der Waals surface area contributed by atoms with Crippen molar-refractivity contribution in [3.63, 3.8) is 0 Å². The molecule has 2 amide bonds. The van der Waals surface area contributed by atoms with E-state index in [4.69, 9.17) is 26.6 Å². The number of carbonyl (C=O) groups excluding carboxylic acids is 2. The van der Waals surface area contributed by atoms with Crippen molar-refractivity contribution in [2.24, 2.45) is 0 Å². The number of halogens is 1. The van der Waals surface area contributed by atoms with Crippen LogP contribution in [0.25, 0.3) is 0 Å². The molecule has 2 aliphatic rings. The van der Waals surface area contributed by atoms with Crippen molar-refractivity contribution < 1.29 is 14.3 Å². The van der Waals surface area contributed by atoms with Gasteiger partial charge in [-0.1, -0.05) is 23.7 Å². The summed E-state index contributed by atoms with van der Waals surface area (Å²) in [5.41, 5.74) is 1.16. The molecule has 3 heterocycles. The Bertz CT molecular complexity index is 1400. The summed E-state index contributed by atoms with van der Waals surface area (Å²) in [6.45, 7) is 7.48. The fourth-order valence-corrected chi connectivity index (χ4v) is 6.35. The van der Waals surface area contributed by atoms with E-state index in [-0.39, 0.29) is 17.7 Å². The molecule has 2 fully saturated rings. The molecule has 0 aliphatic carbocycles. The second kappa shape index (κ2) is 11.9. The van der Waals surface area contributed by atoms with E-state index in [9.17, 15) is 9.59 Å². The summed E-state index contributed by atoms with van der Waals surface area (Å²) in [5, 5.41) is 12.3. The first-order valence-electron chi connectivity index (χ1n) is 13.5. The van der Waals surface area contributed by atoms with Crippen molar-refractivity contribution in [2.45, 2.75) is 38.2 Å². The van der Waals surface area contributed by atoms with Gasteiger partial charge in [-0.15, -0.1) is 11.3 Å². The Hall–Kier alpha value is -3.61. The lowest BCUT2D eigenvalue weighted by molar-refractivity contribution is -0.146. The summed E-state index contributed by atoms with van der Waals surface area (Å²) in [6, 6.07) is 16.8. The molecule has 2 saturated heterocycles. The number of para-hydroxylation sites is 1. The van der Waals surface area contributed by atoms with Crippen LogP contribution in [0.4, 0.5) is 5.69 Å². The monoisotopic (exact) mass is 577 g/mol. The molecule has 0 N–H and O–H groups in total. The van der Waals surface area contributed by atoms with E-state index in [0.717, 1.165) is 36.6 Å². The average Bonchev–Trinajstić information content (AvgIpc) is 3.48. The van der Waals surface area contributed by atoms with Gasteiger partial charge in [0.15, 0.2) is 5.60 Å². The number of rotatable bonds is 6. The molecule has 2 aliphatic heterocycles. The first kappa shape index (κ1) is 27.9. The predicted molar refractivity (Wildman–Crippen MR) is 156 cm³/mol. The van der Waals surface area contributed by atoms with Gasteiger partial charge in [0.1, 0.15) is 11.4 Å². The number of benzene rings is 2. The Labute approximate surface area is 243 Å². The fraction of sp³-hybridized carbons (Fsp3) is 0.400. The maximum Gasteiger partial charge on any atom is 0.273 e. The normalized spacial score (nSPS) is 16.5. The molecule has 0 saturated carbocycles. The van der Waals surface area contributed by atoms with Crippen molar-refractivity contribution in [3.8, 4) is 11.8 Å². The highest BCUT2D eigenvalue weighted by Crippen LogP contribution is 2.33. The summed E-state index contributed by atoms with van der Waals surface area (Å²) < 4.78 is 6.00. The van der Waals surface area contributed by atoms with E-state index in [1.165, 1.54) is 11.3 Å². The number of amides is 2. The zero-order chi connectivity index (χ0) is 28.3. The highest BCUT2D eigenvalue weighted by atomic mass is 35.5. The number of nitriles is 1. The second-order valence-corrected chi connectivity index (χ2v) is 11.9. The lowest BCUT2D eigenvalue weighted by Crippen LogP contribution is -2.51. The number of carbonyl (C=O) groups is 2. The highest BCUT2D eigenvalue weighted by molar-refractivity contribution is 7.09. The lowest BCUT2D eigenvalue weighted by atomic mass is 9.96. The van der Waals surface area contributed by atoms with Crippen molar-refractivity contribution in [3.05, 3.63) is 75.2 Å². The van der Waals surface area contributed by atoms with E-state index in [0.29, 0.717) is 48.2 Å². The molecule has 3 aromatic rings. The van der Waals surface area contributed by atoms with E-state index in [1.54, 1.807) is 26.0 Å². The van der Waals surface area contributed by atoms with Crippen molar-refractivity contribution in [1.82, 2.24) is 14.8 Å². The maximum absolute atomic E-state index is 13.3. The van der Waals surface area contributed by atoms with E-state index < -0.39 is 5.60 Å². The van der Waals surface area contributed by atoms with Crippen LogP contribution in [-0.2, 0) is 4.79 Å². The number of likely N-dealkylation sites (tertiary alicyclic amines) is 1. The SMILES string of the molecule is CC(C)(Oc1ccccc1Cl)C(=O)N1CCC(c2nc(C(=O)N3CCN(c4ccc(C#N)cc4)CC3)cs2)CC1. The molecular weight excluding hydrogens is 546 g/mol. The molecule has 8 nitrogen and oxygen atoms in total. The number of anilines is 1. The van der Waals surface area contributed by atoms with Gasteiger partial charge in [-0.05, 0) is 63.1 Å². The van der Waals surface area contributed by atoms with E-state index in [2.05, 4.69) is 11.0 Å². The Morgan fingerprint density at radius 1 is 1.00 bits per heavy atom. The zero-order valence-electron chi connectivity index (χ0n) is 22.7. The summed E-state index contributed by atoms with van der Waals surface area (Å²) >= 11 is 7.76. The third-order valence-corrected chi connectivity index (χ3v) is 8.84. The minimum absolute atomic E-state index is 0.0342. The molecule has 0 radical (unpaired) electrons. The van der Waals surface area contributed by atoms with Gasteiger partial charge >= 0.3 is 0 Å². The van der Waals surface area contributed by atoms with Crippen LogP contribution >= 0.6 is 22.9 Å². The lowest BCUT2D eigenvalue weighted by Gasteiger charge is -2.36. The van der Waals surface area contributed by atoms with E-state index >= 15 is 0 Å². The van der Waals surface area contributed by atoms with Crippen molar-refractivity contribution in [2.75, 3.05) is 44.2 Å². The van der Waals surface area contributed by atoms with Crippen LogP contribution < -0.4 is 9.64 Å². The van der Waals surface area contributed by atoms with Crippen LogP contribution in [0.15, 0.2) is 53.9 Å². The van der Waals surface area contributed by atoms with Crippen LogP contribution in [0.3, 0.4) is 0 Å². The standard InChI is InChI=1S/C30H32ClN5O3S/c1-30(2,39-26-6-4-3-5-24(26)31)29(38)36-13-11-22(12-14-36)27-33-25(20-40-27)28(37)35-17-15-34(16-18-35)23-9-7-21(19-32)8-10-23/h3-10,20,22H,11-18H2,1-2H3. The first-order chi connectivity index (χ1) is 19.2. The predicted octanol–water partition coefficient (Wildman–Crippen LogP) is 5.19. The van der Waals surface area contributed by atoms with Crippen LogP contribution in [0.5, 0.6) is 5.75 Å². The highest BCUT2D eigenvalue weighted by Gasteiger charge is 2.37. The fourth-order valence-electron chi connectivity index (χ4n) is 5.21. The number of aromatic nitrogens is 1. The topological polar surface area (TPSA) is 89.8 Å². The van der Waals surface area contributed by atoms with Crippen LogP contribution in [-0.4, -0.2) is 71.5 Å². The minimum atomic E-state index is -1.04.